The lowest BCUT2D eigenvalue weighted by Gasteiger charge is -2.01. The van der Waals surface area contributed by atoms with Gasteiger partial charge in [-0.3, -0.25) is 0 Å². The van der Waals surface area contributed by atoms with Crippen molar-refractivity contribution in [2.45, 2.75) is 6.92 Å². The average molecular weight is 187 g/mol. The first kappa shape index (κ1) is 9.00. The highest BCUT2D eigenvalue weighted by atomic mass is 16.5. The molecule has 0 saturated heterocycles. The van der Waals surface area contributed by atoms with Gasteiger partial charge in [-0.25, -0.2) is 4.99 Å². The minimum absolute atomic E-state index is 0.718. The summed E-state index contributed by atoms with van der Waals surface area (Å²) in [7, 11) is 0. The number of hydrogen-bond acceptors (Lipinski definition) is 2. The molecule has 1 aliphatic heterocycles. The van der Waals surface area contributed by atoms with Gasteiger partial charge in [0, 0.05) is 5.57 Å². The molecule has 72 valence electrons. The molecule has 1 heterocycles. The van der Waals surface area contributed by atoms with Gasteiger partial charge in [0.05, 0.1) is 6.54 Å². The Bertz CT molecular complexity index is 365. The molecule has 1 aromatic rings. The van der Waals surface area contributed by atoms with Crippen LogP contribution in [-0.4, -0.2) is 19.0 Å². The van der Waals surface area contributed by atoms with E-state index in [0.29, 0.717) is 0 Å². The zero-order chi connectivity index (χ0) is 9.80. The molecule has 2 rings (SSSR count). The molecule has 0 amide bonds. The molecule has 0 unspecified atom stereocenters. The van der Waals surface area contributed by atoms with Crippen molar-refractivity contribution in [2.75, 3.05) is 13.2 Å². The van der Waals surface area contributed by atoms with E-state index >= 15 is 0 Å². The molecule has 1 aromatic carbocycles. The van der Waals surface area contributed by atoms with E-state index < -0.39 is 0 Å². The molecule has 0 aliphatic carbocycles. The van der Waals surface area contributed by atoms with E-state index in [1.54, 1.807) is 0 Å². The van der Waals surface area contributed by atoms with E-state index in [0.717, 1.165) is 24.6 Å². The van der Waals surface area contributed by atoms with Crippen LogP contribution in [0.2, 0.25) is 0 Å². The van der Waals surface area contributed by atoms with Crippen LogP contribution in [0.25, 0.3) is 6.08 Å². The number of nitrogens with zero attached hydrogens (tertiary/aromatic N) is 1. The maximum absolute atomic E-state index is 5.37. The largest absolute Gasteiger partial charge is 0.476 e. The van der Waals surface area contributed by atoms with Crippen molar-refractivity contribution in [1.29, 1.82) is 0 Å². The number of benzene rings is 1. The summed E-state index contributed by atoms with van der Waals surface area (Å²) in [5, 5.41) is 0. The van der Waals surface area contributed by atoms with E-state index in [2.05, 4.69) is 23.2 Å². The van der Waals surface area contributed by atoms with Crippen LogP contribution in [0, 0.1) is 0 Å². The van der Waals surface area contributed by atoms with E-state index in [1.165, 1.54) is 5.56 Å². The predicted molar refractivity (Wildman–Crippen MR) is 58.3 cm³/mol. The summed E-state index contributed by atoms with van der Waals surface area (Å²) >= 11 is 0. The van der Waals surface area contributed by atoms with Crippen molar-refractivity contribution in [3.05, 3.63) is 41.5 Å². The van der Waals surface area contributed by atoms with Gasteiger partial charge < -0.3 is 4.74 Å². The summed E-state index contributed by atoms with van der Waals surface area (Å²) in [6.07, 6.45) is 2.09. The Kier molecular flexibility index (Phi) is 2.63. The van der Waals surface area contributed by atoms with Crippen molar-refractivity contribution in [3.63, 3.8) is 0 Å². The summed E-state index contributed by atoms with van der Waals surface area (Å²) in [5.41, 5.74) is 2.27. The fourth-order valence-corrected chi connectivity index (χ4v) is 1.43. The van der Waals surface area contributed by atoms with Crippen LogP contribution in [0.3, 0.4) is 0 Å². The fourth-order valence-electron chi connectivity index (χ4n) is 1.43. The topological polar surface area (TPSA) is 21.6 Å². The fraction of sp³-hybridized carbons (Fsp3) is 0.250. The Morgan fingerprint density at radius 3 is 2.79 bits per heavy atom. The Morgan fingerprint density at radius 2 is 2.14 bits per heavy atom. The summed E-state index contributed by atoms with van der Waals surface area (Å²) in [6, 6.07) is 10.2. The summed E-state index contributed by atoms with van der Waals surface area (Å²) < 4.78 is 5.37. The van der Waals surface area contributed by atoms with E-state index in [9.17, 15) is 0 Å². The van der Waals surface area contributed by atoms with E-state index in [1.807, 2.05) is 25.1 Å². The zero-order valence-electron chi connectivity index (χ0n) is 8.23. The standard InChI is InChI=1S/C12H13NO/c1-10(12-13-7-8-14-12)9-11-5-3-2-4-6-11/h2-6,9H,7-8H2,1H3/b10-9+. The van der Waals surface area contributed by atoms with Gasteiger partial charge in [-0.15, -0.1) is 0 Å². The molecule has 14 heavy (non-hydrogen) atoms. The minimum Gasteiger partial charge on any atom is -0.476 e. The molecule has 0 atom stereocenters. The summed E-state index contributed by atoms with van der Waals surface area (Å²) in [5.74, 6) is 0.786. The summed E-state index contributed by atoms with van der Waals surface area (Å²) in [4.78, 5) is 4.26. The van der Waals surface area contributed by atoms with Crippen molar-refractivity contribution >= 4 is 12.0 Å². The molecule has 0 spiro atoms. The number of ether oxygens (including phenoxy) is 1. The first-order valence-corrected chi connectivity index (χ1v) is 4.77. The second-order valence-corrected chi connectivity index (χ2v) is 3.27. The minimum atomic E-state index is 0.718. The van der Waals surface area contributed by atoms with Crippen LogP contribution in [-0.2, 0) is 4.74 Å². The van der Waals surface area contributed by atoms with Gasteiger partial charge in [-0.2, -0.15) is 0 Å². The quantitative estimate of drug-likeness (QED) is 0.697. The smallest absolute Gasteiger partial charge is 0.211 e. The van der Waals surface area contributed by atoms with Crippen LogP contribution < -0.4 is 0 Å². The molecular weight excluding hydrogens is 174 g/mol. The third-order valence-electron chi connectivity index (χ3n) is 2.11. The van der Waals surface area contributed by atoms with Crippen LogP contribution in [0.5, 0.6) is 0 Å². The molecule has 0 radical (unpaired) electrons. The molecule has 0 bridgehead atoms. The first-order valence-electron chi connectivity index (χ1n) is 4.77. The van der Waals surface area contributed by atoms with Crippen LogP contribution in [0.4, 0.5) is 0 Å². The monoisotopic (exact) mass is 187 g/mol. The summed E-state index contributed by atoms with van der Waals surface area (Å²) in [6.45, 7) is 3.53. The Hall–Kier alpha value is -1.57. The van der Waals surface area contributed by atoms with Crippen molar-refractivity contribution < 1.29 is 4.74 Å². The maximum Gasteiger partial charge on any atom is 0.211 e. The lowest BCUT2D eigenvalue weighted by molar-refractivity contribution is 0.348. The van der Waals surface area contributed by atoms with Gasteiger partial charge in [0.2, 0.25) is 5.90 Å². The third-order valence-corrected chi connectivity index (χ3v) is 2.11. The number of hydrogen-bond donors (Lipinski definition) is 0. The van der Waals surface area contributed by atoms with Gasteiger partial charge >= 0.3 is 0 Å². The molecule has 2 heteroatoms. The third kappa shape index (κ3) is 2.02. The van der Waals surface area contributed by atoms with Crippen LogP contribution >= 0.6 is 0 Å². The average Bonchev–Trinajstić information content (AvgIpc) is 2.72. The Labute approximate surface area is 83.9 Å². The highest BCUT2D eigenvalue weighted by Gasteiger charge is 2.08. The zero-order valence-corrected chi connectivity index (χ0v) is 8.23. The highest BCUT2D eigenvalue weighted by molar-refractivity contribution is 5.98. The second kappa shape index (κ2) is 4.09. The molecule has 0 fully saturated rings. The van der Waals surface area contributed by atoms with Crippen molar-refractivity contribution in [3.8, 4) is 0 Å². The Morgan fingerprint density at radius 1 is 1.36 bits per heavy atom. The van der Waals surface area contributed by atoms with E-state index in [4.69, 9.17) is 4.74 Å². The SMILES string of the molecule is C/C(=C\c1ccccc1)C1=NCCO1. The van der Waals surface area contributed by atoms with Gasteiger partial charge in [-0.1, -0.05) is 30.3 Å². The van der Waals surface area contributed by atoms with Crippen molar-refractivity contribution in [2.24, 2.45) is 4.99 Å². The predicted octanol–water partition coefficient (Wildman–Crippen LogP) is 2.52. The molecular formula is C12H13NO. The highest BCUT2D eigenvalue weighted by Crippen LogP contribution is 2.10. The van der Waals surface area contributed by atoms with Gasteiger partial charge in [0.25, 0.3) is 0 Å². The molecule has 0 aromatic heterocycles. The maximum atomic E-state index is 5.37. The number of rotatable bonds is 2. The molecule has 0 N–H and O–H groups in total. The normalized spacial score (nSPS) is 16.4. The lowest BCUT2D eigenvalue weighted by Crippen LogP contribution is -1.99. The van der Waals surface area contributed by atoms with Gasteiger partial charge in [0.1, 0.15) is 6.61 Å². The van der Waals surface area contributed by atoms with Crippen LogP contribution in [0.15, 0.2) is 40.9 Å². The van der Waals surface area contributed by atoms with E-state index in [-0.39, 0.29) is 0 Å². The van der Waals surface area contributed by atoms with Gasteiger partial charge in [0.15, 0.2) is 0 Å². The van der Waals surface area contributed by atoms with Crippen molar-refractivity contribution in [1.82, 2.24) is 0 Å². The molecule has 0 saturated carbocycles. The number of aliphatic imine (C=N–C) groups is 1. The lowest BCUT2D eigenvalue weighted by atomic mass is 10.1. The molecule has 2 nitrogen and oxygen atoms in total. The second-order valence-electron chi connectivity index (χ2n) is 3.27. The van der Waals surface area contributed by atoms with Crippen LogP contribution in [0.1, 0.15) is 12.5 Å². The van der Waals surface area contributed by atoms with Gasteiger partial charge in [-0.05, 0) is 18.6 Å². The first-order chi connectivity index (χ1) is 6.86. The molecule has 1 aliphatic rings. The Balaban J connectivity index is 2.18.